The molecule has 0 saturated heterocycles. The SMILES string of the molecule is CCNc1cccc(Oc2cccc(Br)c2)n1. The van der Waals surface area contributed by atoms with Crippen molar-refractivity contribution in [1.29, 1.82) is 0 Å². The monoisotopic (exact) mass is 292 g/mol. The Kier molecular flexibility index (Phi) is 3.98. The molecule has 17 heavy (non-hydrogen) atoms. The van der Waals surface area contributed by atoms with Crippen LogP contribution in [0.4, 0.5) is 5.82 Å². The highest BCUT2D eigenvalue weighted by Crippen LogP contribution is 2.23. The molecule has 0 amide bonds. The Hall–Kier alpha value is -1.55. The van der Waals surface area contributed by atoms with Gasteiger partial charge in [0.2, 0.25) is 5.88 Å². The molecule has 4 heteroatoms. The molecule has 0 fully saturated rings. The summed E-state index contributed by atoms with van der Waals surface area (Å²) in [4.78, 5) is 4.34. The maximum absolute atomic E-state index is 5.67. The lowest BCUT2D eigenvalue weighted by Crippen LogP contribution is -1.99. The second-order valence-corrected chi connectivity index (χ2v) is 4.37. The average molecular weight is 293 g/mol. The largest absolute Gasteiger partial charge is 0.439 e. The first kappa shape index (κ1) is 11.9. The van der Waals surface area contributed by atoms with Crippen molar-refractivity contribution in [3.8, 4) is 11.6 Å². The molecule has 0 bridgehead atoms. The number of anilines is 1. The summed E-state index contributed by atoms with van der Waals surface area (Å²) in [5.41, 5.74) is 0. The smallest absolute Gasteiger partial charge is 0.221 e. The number of hydrogen-bond donors (Lipinski definition) is 1. The minimum Gasteiger partial charge on any atom is -0.439 e. The van der Waals surface area contributed by atoms with Crippen molar-refractivity contribution in [1.82, 2.24) is 4.98 Å². The van der Waals surface area contributed by atoms with Crippen molar-refractivity contribution >= 4 is 21.7 Å². The second kappa shape index (κ2) is 5.68. The molecule has 0 spiro atoms. The van der Waals surface area contributed by atoms with Crippen molar-refractivity contribution in [3.63, 3.8) is 0 Å². The Labute approximate surface area is 109 Å². The molecule has 2 aromatic rings. The summed E-state index contributed by atoms with van der Waals surface area (Å²) >= 11 is 3.40. The minimum atomic E-state index is 0.585. The van der Waals surface area contributed by atoms with Crippen LogP contribution in [0.25, 0.3) is 0 Å². The lowest BCUT2D eigenvalue weighted by atomic mass is 10.3. The number of halogens is 1. The molecule has 1 N–H and O–H groups in total. The third-order valence-electron chi connectivity index (χ3n) is 2.10. The van der Waals surface area contributed by atoms with Crippen molar-refractivity contribution < 1.29 is 4.74 Å². The zero-order chi connectivity index (χ0) is 12.1. The lowest BCUT2D eigenvalue weighted by Gasteiger charge is -2.07. The van der Waals surface area contributed by atoms with E-state index in [1.54, 1.807) is 0 Å². The predicted molar refractivity (Wildman–Crippen MR) is 72.6 cm³/mol. The fourth-order valence-electron chi connectivity index (χ4n) is 1.40. The van der Waals surface area contributed by atoms with Crippen LogP contribution in [0, 0.1) is 0 Å². The van der Waals surface area contributed by atoms with E-state index < -0.39 is 0 Å². The van der Waals surface area contributed by atoms with E-state index in [0.29, 0.717) is 5.88 Å². The number of pyridine rings is 1. The highest BCUT2D eigenvalue weighted by molar-refractivity contribution is 9.10. The van der Waals surface area contributed by atoms with E-state index in [4.69, 9.17) is 4.74 Å². The zero-order valence-corrected chi connectivity index (χ0v) is 11.1. The molecule has 1 heterocycles. The van der Waals surface area contributed by atoms with Gasteiger partial charge in [-0.25, -0.2) is 0 Å². The minimum absolute atomic E-state index is 0.585. The van der Waals surface area contributed by atoms with E-state index in [-0.39, 0.29) is 0 Å². The quantitative estimate of drug-likeness (QED) is 0.922. The molecule has 0 unspecified atom stereocenters. The van der Waals surface area contributed by atoms with Gasteiger partial charge in [-0.15, -0.1) is 0 Å². The van der Waals surface area contributed by atoms with Crippen LogP contribution in [0.15, 0.2) is 46.9 Å². The van der Waals surface area contributed by atoms with Crippen LogP contribution in [0.5, 0.6) is 11.6 Å². The molecule has 2 rings (SSSR count). The molecule has 88 valence electrons. The summed E-state index contributed by atoms with van der Waals surface area (Å²) in [6.45, 7) is 2.87. The molecule has 1 aromatic heterocycles. The van der Waals surface area contributed by atoms with E-state index in [1.807, 2.05) is 49.4 Å². The van der Waals surface area contributed by atoms with Gasteiger partial charge in [-0.3, -0.25) is 0 Å². The van der Waals surface area contributed by atoms with Gasteiger partial charge in [-0.2, -0.15) is 4.98 Å². The van der Waals surface area contributed by atoms with Gasteiger partial charge in [0.05, 0.1) is 0 Å². The summed E-state index contributed by atoms with van der Waals surface area (Å²) in [6, 6.07) is 13.3. The predicted octanol–water partition coefficient (Wildman–Crippen LogP) is 4.07. The Morgan fingerprint density at radius 2 is 2.06 bits per heavy atom. The highest BCUT2D eigenvalue weighted by atomic mass is 79.9. The van der Waals surface area contributed by atoms with E-state index >= 15 is 0 Å². The van der Waals surface area contributed by atoms with E-state index in [0.717, 1.165) is 22.6 Å². The number of hydrogen-bond acceptors (Lipinski definition) is 3. The van der Waals surface area contributed by atoms with E-state index in [1.165, 1.54) is 0 Å². The fraction of sp³-hybridized carbons (Fsp3) is 0.154. The number of nitrogens with one attached hydrogen (secondary N) is 1. The Morgan fingerprint density at radius 3 is 2.82 bits per heavy atom. The van der Waals surface area contributed by atoms with Crippen molar-refractivity contribution in [3.05, 3.63) is 46.9 Å². The van der Waals surface area contributed by atoms with Gasteiger partial charge in [-0.05, 0) is 31.2 Å². The number of aromatic nitrogens is 1. The van der Waals surface area contributed by atoms with Gasteiger partial charge < -0.3 is 10.1 Å². The Morgan fingerprint density at radius 1 is 1.24 bits per heavy atom. The topological polar surface area (TPSA) is 34.1 Å². The second-order valence-electron chi connectivity index (χ2n) is 3.45. The molecular formula is C13H13BrN2O. The van der Waals surface area contributed by atoms with Crippen molar-refractivity contribution in [2.24, 2.45) is 0 Å². The number of rotatable bonds is 4. The molecule has 0 radical (unpaired) electrons. The summed E-state index contributed by atoms with van der Waals surface area (Å²) in [5, 5.41) is 3.14. The first-order valence-corrected chi connectivity index (χ1v) is 6.21. The highest BCUT2D eigenvalue weighted by Gasteiger charge is 2.00. The van der Waals surface area contributed by atoms with Crippen LogP contribution in [0.1, 0.15) is 6.92 Å². The van der Waals surface area contributed by atoms with Gasteiger partial charge in [0.25, 0.3) is 0 Å². The molecule has 0 aliphatic rings. The zero-order valence-electron chi connectivity index (χ0n) is 9.48. The average Bonchev–Trinajstić information content (AvgIpc) is 2.30. The third kappa shape index (κ3) is 3.46. The van der Waals surface area contributed by atoms with Crippen LogP contribution < -0.4 is 10.1 Å². The number of ether oxygens (including phenoxy) is 1. The summed E-state index contributed by atoms with van der Waals surface area (Å²) in [5.74, 6) is 2.17. The van der Waals surface area contributed by atoms with Crippen LogP contribution in [0.2, 0.25) is 0 Å². The fourth-order valence-corrected chi connectivity index (χ4v) is 1.78. The van der Waals surface area contributed by atoms with Gasteiger partial charge >= 0.3 is 0 Å². The maximum Gasteiger partial charge on any atom is 0.221 e. The van der Waals surface area contributed by atoms with Gasteiger partial charge in [0.1, 0.15) is 11.6 Å². The standard InChI is InChI=1S/C13H13BrN2O/c1-2-15-12-7-4-8-13(16-12)17-11-6-3-5-10(14)9-11/h3-9H,2H2,1H3,(H,15,16). The van der Waals surface area contributed by atoms with E-state index in [9.17, 15) is 0 Å². The lowest BCUT2D eigenvalue weighted by molar-refractivity contribution is 0.463. The van der Waals surface area contributed by atoms with Crippen LogP contribution >= 0.6 is 15.9 Å². The Bertz CT molecular complexity index is 502. The summed E-state index contributed by atoms with van der Waals surface area (Å²) in [6.07, 6.45) is 0. The maximum atomic E-state index is 5.67. The third-order valence-corrected chi connectivity index (χ3v) is 2.59. The summed E-state index contributed by atoms with van der Waals surface area (Å²) < 4.78 is 6.65. The van der Waals surface area contributed by atoms with Crippen LogP contribution in [-0.4, -0.2) is 11.5 Å². The van der Waals surface area contributed by atoms with Crippen LogP contribution in [0.3, 0.4) is 0 Å². The van der Waals surface area contributed by atoms with Gasteiger partial charge in [0, 0.05) is 17.1 Å². The summed E-state index contributed by atoms with van der Waals surface area (Å²) in [7, 11) is 0. The molecule has 0 aliphatic carbocycles. The van der Waals surface area contributed by atoms with Crippen molar-refractivity contribution in [2.75, 3.05) is 11.9 Å². The van der Waals surface area contributed by atoms with Gasteiger partial charge in [0.15, 0.2) is 0 Å². The molecule has 1 aromatic carbocycles. The molecule has 0 saturated carbocycles. The molecule has 0 aliphatic heterocycles. The Balaban J connectivity index is 2.15. The number of benzene rings is 1. The van der Waals surface area contributed by atoms with Crippen LogP contribution in [-0.2, 0) is 0 Å². The molecule has 3 nitrogen and oxygen atoms in total. The van der Waals surface area contributed by atoms with Crippen molar-refractivity contribution in [2.45, 2.75) is 6.92 Å². The normalized spacial score (nSPS) is 10.0. The number of nitrogens with zero attached hydrogens (tertiary/aromatic N) is 1. The molecular weight excluding hydrogens is 280 g/mol. The first-order valence-electron chi connectivity index (χ1n) is 5.42. The van der Waals surface area contributed by atoms with Gasteiger partial charge in [-0.1, -0.05) is 28.1 Å². The molecule has 0 atom stereocenters. The van der Waals surface area contributed by atoms with E-state index in [2.05, 4.69) is 26.2 Å². The first-order chi connectivity index (χ1) is 8.28.